The second-order valence-electron chi connectivity index (χ2n) is 4.56. The highest BCUT2D eigenvalue weighted by atomic mass is 15.2. The summed E-state index contributed by atoms with van der Waals surface area (Å²) in [7, 11) is 1.94. The van der Waals surface area contributed by atoms with Crippen molar-refractivity contribution in [2.45, 2.75) is 13.1 Å². The van der Waals surface area contributed by atoms with Gasteiger partial charge in [0, 0.05) is 37.1 Å². The van der Waals surface area contributed by atoms with E-state index in [0.29, 0.717) is 6.54 Å². The number of hydrogen-bond acceptors (Lipinski definition) is 2. The first kappa shape index (κ1) is 11.0. The van der Waals surface area contributed by atoms with Gasteiger partial charge in [-0.1, -0.05) is 6.07 Å². The molecule has 92 valence electrons. The summed E-state index contributed by atoms with van der Waals surface area (Å²) in [5.41, 5.74) is 9.26. The number of benzene rings is 1. The van der Waals surface area contributed by atoms with Gasteiger partial charge in [0.1, 0.15) is 0 Å². The van der Waals surface area contributed by atoms with Gasteiger partial charge in [-0.3, -0.25) is 4.68 Å². The molecule has 2 N–H and O–H groups in total. The zero-order valence-electron chi connectivity index (χ0n) is 10.4. The van der Waals surface area contributed by atoms with E-state index in [-0.39, 0.29) is 0 Å². The van der Waals surface area contributed by atoms with Crippen molar-refractivity contribution in [2.75, 3.05) is 0 Å². The van der Waals surface area contributed by atoms with Crippen molar-refractivity contribution in [3.8, 4) is 0 Å². The normalized spacial score (nSPS) is 11.2. The van der Waals surface area contributed by atoms with Gasteiger partial charge >= 0.3 is 0 Å². The van der Waals surface area contributed by atoms with Crippen molar-refractivity contribution >= 4 is 10.9 Å². The molecule has 0 amide bonds. The number of hydrogen-bond donors (Lipinski definition) is 1. The maximum absolute atomic E-state index is 5.66. The van der Waals surface area contributed by atoms with E-state index in [1.165, 1.54) is 22.0 Å². The van der Waals surface area contributed by atoms with Crippen molar-refractivity contribution < 1.29 is 0 Å². The summed E-state index contributed by atoms with van der Waals surface area (Å²) in [6.45, 7) is 1.43. The molecular formula is C14H16N4. The van der Waals surface area contributed by atoms with E-state index in [1.807, 2.05) is 24.1 Å². The predicted molar refractivity (Wildman–Crippen MR) is 72.1 cm³/mol. The number of nitrogens with two attached hydrogens (primary N) is 1. The van der Waals surface area contributed by atoms with Gasteiger partial charge in [-0.2, -0.15) is 5.10 Å². The Morgan fingerprint density at radius 2 is 2.11 bits per heavy atom. The van der Waals surface area contributed by atoms with Crippen LogP contribution >= 0.6 is 0 Å². The molecule has 0 aliphatic heterocycles. The van der Waals surface area contributed by atoms with E-state index in [0.717, 1.165) is 6.54 Å². The monoisotopic (exact) mass is 240 g/mol. The maximum Gasteiger partial charge on any atom is 0.0539 e. The van der Waals surface area contributed by atoms with Crippen LogP contribution in [0.15, 0.2) is 42.9 Å². The Morgan fingerprint density at radius 1 is 1.22 bits per heavy atom. The molecule has 2 heterocycles. The molecule has 1 aromatic carbocycles. The largest absolute Gasteiger partial charge is 0.343 e. The lowest BCUT2D eigenvalue weighted by molar-refractivity contribution is 0.764. The zero-order chi connectivity index (χ0) is 12.5. The van der Waals surface area contributed by atoms with Gasteiger partial charge in [-0.15, -0.1) is 0 Å². The molecule has 0 bridgehead atoms. The summed E-state index contributed by atoms with van der Waals surface area (Å²) in [5.74, 6) is 0. The molecule has 0 fully saturated rings. The smallest absolute Gasteiger partial charge is 0.0539 e. The molecule has 0 aliphatic rings. The van der Waals surface area contributed by atoms with E-state index in [4.69, 9.17) is 5.73 Å². The summed E-state index contributed by atoms with van der Waals surface area (Å²) < 4.78 is 4.06. The third-order valence-electron chi connectivity index (χ3n) is 3.18. The minimum Gasteiger partial charge on any atom is -0.343 e. The van der Waals surface area contributed by atoms with Gasteiger partial charge < -0.3 is 10.3 Å². The van der Waals surface area contributed by atoms with E-state index < -0.39 is 0 Å². The SMILES string of the molecule is Cn1cc(Cn2ccc3cc(CN)ccc32)cn1. The fourth-order valence-corrected chi connectivity index (χ4v) is 2.26. The van der Waals surface area contributed by atoms with Crippen LogP contribution in [0.5, 0.6) is 0 Å². The van der Waals surface area contributed by atoms with Gasteiger partial charge in [0.15, 0.2) is 0 Å². The van der Waals surface area contributed by atoms with Crippen molar-refractivity contribution in [3.63, 3.8) is 0 Å². The van der Waals surface area contributed by atoms with Crippen LogP contribution < -0.4 is 5.73 Å². The molecule has 0 atom stereocenters. The van der Waals surface area contributed by atoms with Gasteiger partial charge in [0.2, 0.25) is 0 Å². The highest BCUT2D eigenvalue weighted by Gasteiger charge is 2.03. The summed E-state index contributed by atoms with van der Waals surface area (Å²) in [6.07, 6.45) is 6.05. The predicted octanol–water partition coefficient (Wildman–Crippen LogP) is 1.88. The molecule has 0 unspecified atom stereocenters. The molecule has 0 aliphatic carbocycles. The minimum absolute atomic E-state index is 0.587. The van der Waals surface area contributed by atoms with Crippen LogP contribution in [-0.2, 0) is 20.1 Å². The van der Waals surface area contributed by atoms with Gasteiger partial charge in [-0.05, 0) is 29.1 Å². The van der Waals surface area contributed by atoms with Crippen LogP contribution in [0.25, 0.3) is 10.9 Å². The Hall–Kier alpha value is -2.07. The van der Waals surface area contributed by atoms with Crippen LogP contribution in [0.1, 0.15) is 11.1 Å². The minimum atomic E-state index is 0.587. The Balaban J connectivity index is 1.97. The van der Waals surface area contributed by atoms with Gasteiger partial charge in [0.25, 0.3) is 0 Å². The molecule has 0 spiro atoms. The van der Waals surface area contributed by atoms with Crippen LogP contribution in [0.3, 0.4) is 0 Å². The molecule has 0 radical (unpaired) electrons. The lowest BCUT2D eigenvalue weighted by Gasteiger charge is -2.04. The first-order valence-corrected chi connectivity index (χ1v) is 6.01. The van der Waals surface area contributed by atoms with E-state index in [2.05, 4.69) is 40.1 Å². The summed E-state index contributed by atoms with van der Waals surface area (Å²) in [4.78, 5) is 0. The third kappa shape index (κ3) is 1.91. The quantitative estimate of drug-likeness (QED) is 0.760. The second-order valence-corrected chi connectivity index (χ2v) is 4.56. The summed E-state index contributed by atoms with van der Waals surface area (Å²) >= 11 is 0. The lowest BCUT2D eigenvalue weighted by atomic mass is 10.1. The Kier molecular flexibility index (Phi) is 2.64. The molecule has 18 heavy (non-hydrogen) atoms. The number of rotatable bonds is 3. The van der Waals surface area contributed by atoms with Crippen molar-refractivity contribution in [3.05, 3.63) is 54.0 Å². The van der Waals surface area contributed by atoms with Crippen LogP contribution in [0.4, 0.5) is 0 Å². The van der Waals surface area contributed by atoms with Crippen LogP contribution in [0.2, 0.25) is 0 Å². The van der Waals surface area contributed by atoms with Crippen molar-refractivity contribution in [1.82, 2.24) is 14.3 Å². The molecule has 4 heteroatoms. The molecule has 0 saturated heterocycles. The highest BCUT2D eigenvalue weighted by molar-refractivity contribution is 5.81. The Labute approximate surface area is 106 Å². The average molecular weight is 240 g/mol. The molecule has 3 rings (SSSR count). The fraction of sp³-hybridized carbons (Fsp3) is 0.214. The molecule has 3 aromatic rings. The van der Waals surface area contributed by atoms with Crippen molar-refractivity contribution in [2.24, 2.45) is 12.8 Å². The highest BCUT2D eigenvalue weighted by Crippen LogP contribution is 2.18. The molecule has 2 aromatic heterocycles. The Bertz CT molecular complexity index is 678. The summed E-state index contributed by atoms with van der Waals surface area (Å²) in [6, 6.07) is 8.50. The molecular weight excluding hydrogens is 224 g/mol. The number of nitrogens with zero attached hydrogens (tertiary/aromatic N) is 3. The Morgan fingerprint density at radius 3 is 2.83 bits per heavy atom. The number of aryl methyl sites for hydroxylation is 1. The maximum atomic E-state index is 5.66. The first-order valence-electron chi connectivity index (χ1n) is 6.01. The van der Waals surface area contributed by atoms with E-state index in [9.17, 15) is 0 Å². The average Bonchev–Trinajstić information content (AvgIpc) is 2.96. The van der Waals surface area contributed by atoms with Gasteiger partial charge in [0.05, 0.1) is 12.7 Å². The lowest BCUT2D eigenvalue weighted by Crippen LogP contribution is -1.98. The summed E-state index contributed by atoms with van der Waals surface area (Å²) in [5, 5.41) is 5.43. The van der Waals surface area contributed by atoms with E-state index in [1.54, 1.807) is 0 Å². The number of aromatic nitrogens is 3. The van der Waals surface area contributed by atoms with E-state index >= 15 is 0 Å². The second kappa shape index (κ2) is 4.31. The third-order valence-corrected chi connectivity index (χ3v) is 3.18. The van der Waals surface area contributed by atoms with Gasteiger partial charge in [-0.25, -0.2) is 0 Å². The standard InChI is InChI=1S/C14H16N4/c1-17-9-12(8-16-17)10-18-5-4-13-6-11(7-15)2-3-14(13)18/h2-6,8-9H,7,10,15H2,1H3. The number of fused-ring (bicyclic) bond motifs is 1. The van der Waals surface area contributed by atoms with Crippen molar-refractivity contribution in [1.29, 1.82) is 0 Å². The topological polar surface area (TPSA) is 48.8 Å². The fourth-order valence-electron chi connectivity index (χ4n) is 2.26. The zero-order valence-corrected chi connectivity index (χ0v) is 10.4. The molecule has 0 saturated carbocycles. The van der Waals surface area contributed by atoms with Crippen LogP contribution in [-0.4, -0.2) is 14.3 Å². The molecule has 4 nitrogen and oxygen atoms in total. The first-order chi connectivity index (χ1) is 8.76. The van der Waals surface area contributed by atoms with Crippen LogP contribution in [0, 0.1) is 0 Å².